The van der Waals surface area contributed by atoms with Crippen molar-refractivity contribution in [1.82, 2.24) is 9.78 Å². The zero-order valence-corrected chi connectivity index (χ0v) is 14.3. The third-order valence-electron chi connectivity index (χ3n) is 3.59. The molecule has 0 amide bonds. The summed E-state index contributed by atoms with van der Waals surface area (Å²) in [6.45, 7) is 3.15. The number of hydrogen-bond donors (Lipinski definition) is 3. The van der Waals surface area contributed by atoms with E-state index in [4.69, 9.17) is 15.3 Å². The Labute approximate surface area is 144 Å². The molecule has 0 aliphatic heterocycles. The molecule has 1 aromatic heterocycles. The maximum atomic E-state index is 11.5. The largest absolute Gasteiger partial charge is 0.487 e. The van der Waals surface area contributed by atoms with Crippen LogP contribution < -0.4 is 10.1 Å². The highest BCUT2D eigenvalue weighted by molar-refractivity contribution is 6.45. The Morgan fingerprint density at radius 2 is 2.08 bits per heavy atom. The van der Waals surface area contributed by atoms with E-state index in [0.29, 0.717) is 17.0 Å². The number of hydrogen-bond acceptors (Lipinski definition) is 6. The number of aliphatic carboxylic acids is 1. The number of carbonyl (C=O) groups is 2. The number of benzene rings is 1. The maximum Gasteiger partial charge on any atom is 0.322 e. The minimum atomic E-state index is -1.04. The number of aryl methyl sites for hydroxylation is 2. The van der Waals surface area contributed by atoms with Gasteiger partial charge in [0.05, 0.1) is 0 Å². The van der Waals surface area contributed by atoms with Gasteiger partial charge in [-0.05, 0) is 31.2 Å². The van der Waals surface area contributed by atoms with Crippen molar-refractivity contribution in [1.29, 1.82) is 5.41 Å². The van der Waals surface area contributed by atoms with E-state index in [1.54, 1.807) is 22.9 Å². The molecule has 132 valence electrons. The highest BCUT2D eigenvalue weighted by atomic mass is 16.5. The molecule has 0 aliphatic carbocycles. The van der Waals surface area contributed by atoms with Crippen LogP contribution in [0.3, 0.4) is 0 Å². The van der Waals surface area contributed by atoms with Crippen molar-refractivity contribution in [2.45, 2.75) is 20.5 Å². The molecule has 8 heteroatoms. The highest BCUT2D eigenvalue weighted by Gasteiger charge is 2.14. The van der Waals surface area contributed by atoms with Crippen molar-refractivity contribution < 1.29 is 19.4 Å². The van der Waals surface area contributed by atoms with Crippen LogP contribution in [0.15, 0.2) is 24.3 Å². The number of carboxylic acids is 1. The molecule has 0 atom stereocenters. The van der Waals surface area contributed by atoms with Crippen molar-refractivity contribution >= 4 is 23.2 Å². The van der Waals surface area contributed by atoms with Crippen molar-refractivity contribution in [2.75, 3.05) is 11.9 Å². The molecule has 0 fully saturated rings. The van der Waals surface area contributed by atoms with Gasteiger partial charge in [0, 0.05) is 30.9 Å². The molecule has 0 spiro atoms. The van der Waals surface area contributed by atoms with Crippen LogP contribution >= 0.6 is 0 Å². The Kier molecular flexibility index (Phi) is 5.53. The molecule has 2 rings (SSSR count). The van der Waals surface area contributed by atoms with Crippen LogP contribution in [-0.2, 0) is 23.2 Å². The molecule has 1 heterocycles. The van der Waals surface area contributed by atoms with Gasteiger partial charge in [-0.3, -0.25) is 19.7 Å². The lowest BCUT2D eigenvalue weighted by molar-refractivity contribution is -0.134. The lowest BCUT2D eigenvalue weighted by Gasteiger charge is -2.13. The number of Topliss-reactive ketones (excluding diaryl/α,β-unsaturated/α-hetero) is 1. The number of ketones is 1. The van der Waals surface area contributed by atoms with Gasteiger partial charge in [-0.25, -0.2) is 0 Å². The fourth-order valence-corrected chi connectivity index (χ4v) is 2.20. The van der Waals surface area contributed by atoms with Crippen molar-refractivity contribution in [3.8, 4) is 5.75 Å². The van der Waals surface area contributed by atoms with Crippen molar-refractivity contribution in [3.63, 3.8) is 0 Å². The first-order chi connectivity index (χ1) is 11.8. The van der Waals surface area contributed by atoms with E-state index in [9.17, 15) is 9.59 Å². The van der Waals surface area contributed by atoms with Gasteiger partial charge in [-0.2, -0.15) is 5.10 Å². The second kappa shape index (κ2) is 7.61. The van der Waals surface area contributed by atoms with Crippen LogP contribution in [0.1, 0.15) is 23.9 Å². The fourth-order valence-electron chi connectivity index (χ4n) is 2.20. The summed E-state index contributed by atoms with van der Waals surface area (Å²) in [5, 5.41) is 23.7. The molecule has 1 aromatic carbocycles. The average molecular weight is 344 g/mol. The summed E-state index contributed by atoms with van der Waals surface area (Å²) in [6, 6.07) is 6.69. The zero-order chi connectivity index (χ0) is 18.6. The van der Waals surface area contributed by atoms with Gasteiger partial charge in [0.2, 0.25) is 0 Å². The SMILES string of the molecule is CC(=O)C(=N)c1cc(OCc2cc(C)n(C)n2)ccc1NCC(=O)O. The molecular formula is C17H20N4O4. The third kappa shape index (κ3) is 4.66. The van der Waals surface area contributed by atoms with Gasteiger partial charge >= 0.3 is 5.97 Å². The summed E-state index contributed by atoms with van der Waals surface area (Å²) in [5.74, 6) is -0.993. The van der Waals surface area contributed by atoms with Crippen LogP contribution in [0, 0.1) is 12.3 Å². The smallest absolute Gasteiger partial charge is 0.322 e. The standard InChI is InChI=1S/C17H20N4O4/c1-10-6-12(20-21(10)3)9-25-13-4-5-15(19-8-16(23)24)14(7-13)17(18)11(2)22/h4-7,18-19H,8-9H2,1-3H3,(H,23,24). The lowest BCUT2D eigenvalue weighted by Crippen LogP contribution is -2.17. The first-order valence-corrected chi connectivity index (χ1v) is 7.60. The van der Waals surface area contributed by atoms with Gasteiger partial charge < -0.3 is 15.2 Å². The summed E-state index contributed by atoms with van der Waals surface area (Å²) in [7, 11) is 1.84. The number of ether oxygens (including phenoxy) is 1. The van der Waals surface area contributed by atoms with Crippen LogP contribution in [0.4, 0.5) is 5.69 Å². The number of nitrogens with zero attached hydrogens (tertiary/aromatic N) is 2. The summed E-state index contributed by atoms with van der Waals surface area (Å²) >= 11 is 0. The molecule has 0 bridgehead atoms. The summed E-state index contributed by atoms with van der Waals surface area (Å²) in [5.41, 5.74) is 2.24. The molecule has 3 N–H and O–H groups in total. The molecule has 0 saturated carbocycles. The van der Waals surface area contributed by atoms with Crippen LogP contribution in [0.25, 0.3) is 0 Å². The van der Waals surface area contributed by atoms with E-state index in [2.05, 4.69) is 10.4 Å². The molecule has 8 nitrogen and oxygen atoms in total. The highest BCUT2D eigenvalue weighted by Crippen LogP contribution is 2.24. The predicted octanol–water partition coefficient (Wildman–Crippen LogP) is 1.76. The van der Waals surface area contributed by atoms with Gasteiger partial charge in [0.15, 0.2) is 5.78 Å². The molecule has 0 aliphatic rings. The number of rotatable bonds is 8. The van der Waals surface area contributed by atoms with Crippen LogP contribution in [0.5, 0.6) is 5.75 Å². The van der Waals surface area contributed by atoms with E-state index in [1.807, 2.05) is 20.0 Å². The summed E-state index contributed by atoms with van der Waals surface area (Å²) in [4.78, 5) is 22.3. The molecule has 0 unspecified atom stereocenters. The second-order valence-corrected chi connectivity index (χ2v) is 5.58. The molecule has 0 radical (unpaired) electrons. The number of nitrogens with one attached hydrogen (secondary N) is 2. The minimum Gasteiger partial charge on any atom is -0.487 e. The first kappa shape index (κ1) is 18.2. The van der Waals surface area contributed by atoms with Gasteiger partial charge in [0.25, 0.3) is 0 Å². The van der Waals surface area contributed by atoms with E-state index >= 15 is 0 Å². The molecule has 0 saturated heterocycles. The molecule has 2 aromatic rings. The van der Waals surface area contributed by atoms with Gasteiger partial charge in [-0.1, -0.05) is 0 Å². The molecular weight excluding hydrogens is 324 g/mol. The van der Waals surface area contributed by atoms with Crippen molar-refractivity contribution in [3.05, 3.63) is 41.2 Å². The number of aromatic nitrogens is 2. The minimum absolute atomic E-state index is 0.216. The monoisotopic (exact) mass is 344 g/mol. The number of carbonyl (C=O) groups excluding carboxylic acids is 1. The maximum absolute atomic E-state index is 11.5. The normalized spacial score (nSPS) is 10.4. The topological polar surface area (TPSA) is 117 Å². The summed E-state index contributed by atoms with van der Waals surface area (Å²) < 4.78 is 7.43. The third-order valence-corrected chi connectivity index (χ3v) is 3.59. The molecule has 25 heavy (non-hydrogen) atoms. The van der Waals surface area contributed by atoms with E-state index < -0.39 is 11.8 Å². The number of anilines is 1. The van der Waals surface area contributed by atoms with E-state index in [1.165, 1.54) is 6.92 Å². The van der Waals surface area contributed by atoms with Gasteiger partial charge in [0.1, 0.15) is 30.3 Å². The summed E-state index contributed by atoms with van der Waals surface area (Å²) in [6.07, 6.45) is 0. The zero-order valence-electron chi connectivity index (χ0n) is 14.3. The Hall–Kier alpha value is -3.16. The predicted molar refractivity (Wildman–Crippen MR) is 92.4 cm³/mol. The van der Waals surface area contributed by atoms with Crippen molar-refractivity contribution in [2.24, 2.45) is 7.05 Å². The average Bonchev–Trinajstić information content (AvgIpc) is 2.88. The first-order valence-electron chi connectivity index (χ1n) is 7.60. The van der Waals surface area contributed by atoms with Crippen LogP contribution in [-0.4, -0.2) is 38.9 Å². The fraction of sp³-hybridized carbons (Fsp3) is 0.294. The lowest BCUT2D eigenvalue weighted by atomic mass is 10.0. The van der Waals surface area contributed by atoms with Gasteiger partial charge in [-0.15, -0.1) is 0 Å². The quantitative estimate of drug-likeness (QED) is 0.628. The Bertz CT molecular complexity index is 807. The second-order valence-electron chi connectivity index (χ2n) is 5.58. The van der Waals surface area contributed by atoms with Crippen LogP contribution in [0.2, 0.25) is 0 Å². The van der Waals surface area contributed by atoms with E-state index in [-0.39, 0.29) is 18.9 Å². The Morgan fingerprint density at radius 1 is 1.36 bits per heavy atom. The Morgan fingerprint density at radius 3 is 2.64 bits per heavy atom. The van der Waals surface area contributed by atoms with E-state index in [0.717, 1.165) is 11.4 Å². The Balaban J connectivity index is 2.21. The number of carboxylic acid groups (broad SMARTS) is 1.